The molecule has 0 spiro atoms. The van der Waals surface area contributed by atoms with Gasteiger partial charge in [-0.1, -0.05) is 6.07 Å². The Morgan fingerprint density at radius 1 is 1.36 bits per heavy atom. The normalized spacial score (nSPS) is 29.8. The lowest BCUT2D eigenvalue weighted by Gasteiger charge is -2.37. The molecule has 0 saturated carbocycles. The number of likely N-dealkylation sites (tertiary alicyclic amines) is 2. The predicted molar refractivity (Wildman–Crippen MR) is 89.9 cm³/mol. The van der Waals surface area contributed by atoms with E-state index in [1.807, 2.05) is 23.6 Å². The van der Waals surface area contributed by atoms with Crippen molar-refractivity contribution in [3.05, 3.63) is 40.8 Å². The van der Waals surface area contributed by atoms with E-state index in [4.69, 9.17) is 0 Å². The molecule has 0 radical (unpaired) electrons. The standard InChI is InChI=1S/C17H24N4S/c1-19-15(12-21-7-3-6-18-21)10-14-11-20(8-5-17(14)19)13-16-4-2-9-22-16/h2-4,6-7,9,14-15,17H,5,8,10-13H2,1H3/t14-,15+,17+/m1/s1. The van der Waals surface area contributed by atoms with E-state index < -0.39 is 0 Å². The first-order valence-electron chi connectivity index (χ1n) is 8.23. The van der Waals surface area contributed by atoms with Crippen LogP contribution in [-0.2, 0) is 13.1 Å². The van der Waals surface area contributed by atoms with E-state index in [1.54, 1.807) is 0 Å². The summed E-state index contributed by atoms with van der Waals surface area (Å²) in [5.41, 5.74) is 0. The summed E-state index contributed by atoms with van der Waals surface area (Å²) < 4.78 is 2.09. The Balaban J connectivity index is 1.38. The number of hydrogen-bond acceptors (Lipinski definition) is 4. The van der Waals surface area contributed by atoms with Gasteiger partial charge in [0.25, 0.3) is 0 Å². The van der Waals surface area contributed by atoms with Gasteiger partial charge in [0, 0.05) is 49.0 Å². The number of likely N-dealkylation sites (N-methyl/N-ethyl adjacent to an activating group) is 1. The summed E-state index contributed by atoms with van der Waals surface area (Å²) in [4.78, 5) is 6.77. The van der Waals surface area contributed by atoms with Crippen LogP contribution in [0.2, 0.25) is 0 Å². The molecule has 2 aliphatic heterocycles. The van der Waals surface area contributed by atoms with Crippen molar-refractivity contribution in [1.82, 2.24) is 19.6 Å². The van der Waals surface area contributed by atoms with Crippen molar-refractivity contribution in [3.63, 3.8) is 0 Å². The highest BCUT2D eigenvalue weighted by Gasteiger charge is 2.41. The second kappa shape index (κ2) is 6.14. The SMILES string of the molecule is CN1[C@H](Cn2cccn2)C[C@@H]2CN(Cc3cccs3)CC[C@@H]21. The van der Waals surface area contributed by atoms with Crippen molar-refractivity contribution >= 4 is 11.3 Å². The van der Waals surface area contributed by atoms with Gasteiger partial charge in [0.2, 0.25) is 0 Å². The number of rotatable bonds is 4. The zero-order valence-electron chi connectivity index (χ0n) is 13.1. The van der Waals surface area contributed by atoms with E-state index in [1.165, 1.54) is 30.8 Å². The zero-order valence-corrected chi connectivity index (χ0v) is 14.0. The monoisotopic (exact) mass is 316 g/mol. The quantitative estimate of drug-likeness (QED) is 0.866. The van der Waals surface area contributed by atoms with Crippen molar-refractivity contribution in [2.75, 3.05) is 20.1 Å². The van der Waals surface area contributed by atoms with Crippen LogP contribution in [0.25, 0.3) is 0 Å². The fraction of sp³-hybridized carbons (Fsp3) is 0.588. The summed E-state index contributed by atoms with van der Waals surface area (Å²) in [6, 6.07) is 7.84. The molecule has 2 aromatic heterocycles. The van der Waals surface area contributed by atoms with Gasteiger partial charge in [-0.3, -0.25) is 14.5 Å². The minimum absolute atomic E-state index is 0.636. The van der Waals surface area contributed by atoms with Crippen LogP contribution in [0.4, 0.5) is 0 Å². The van der Waals surface area contributed by atoms with Crippen LogP contribution in [0.3, 0.4) is 0 Å². The number of fused-ring (bicyclic) bond motifs is 1. The molecule has 0 amide bonds. The molecule has 5 heteroatoms. The van der Waals surface area contributed by atoms with E-state index in [-0.39, 0.29) is 0 Å². The van der Waals surface area contributed by atoms with Crippen molar-refractivity contribution in [2.45, 2.75) is 38.0 Å². The molecule has 4 nitrogen and oxygen atoms in total. The molecule has 4 heterocycles. The maximum Gasteiger partial charge on any atom is 0.0565 e. The Bertz CT molecular complexity index is 578. The van der Waals surface area contributed by atoms with Gasteiger partial charge >= 0.3 is 0 Å². The first kappa shape index (κ1) is 14.4. The molecule has 2 aromatic rings. The van der Waals surface area contributed by atoms with E-state index in [9.17, 15) is 0 Å². The summed E-state index contributed by atoms with van der Waals surface area (Å²) in [5, 5.41) is 6.56. The van der Waals surface area contributed by atoms with Gasteiger partial charge in [-0.05, 0) is 43.3 Å². The highest BCUT2D eigenvalue weighted by molar-refractivity contribution is 7.09. The van der Waals surface area contributed by atoms with Crippen LogP contribution in [0.15, 0.2) is 36.0 Å². The molecule has 2 aliphatic rings. The fourth-order valence-electron chi connectivity index (χ4n) is 4.24. The molecule has 118 valence electrons. The Kier molecular flexibility index (Phi) is 4.03. The van der Waals surface area contributed by atoms with Crippen LogP contribution < -0.4 is 0 Å². The zero-order chi connectivity index (χ0) is 14.9. The largest absolute Gasteiger partial charge is 0.298 e. The van der Waals surface area contributed by atoms with E-state index >= 15 is 0 Å². The first-order chi connectivity index (χ1) is 10.8. The summed E-state index contributed by atoms with van der Waals surface area (Å²) in [5.74, 6) is 0.819. The third-order valence-electron chi connectivity index (χ3n) is 5.37. The van der Waals surface area contributed by atoms with E-state index in [0.717, 1.165) is 25.0 Å². The number of thiophene rings is 1. The number of piperidine rings is 1. The average molecular weight is 316 g/mol. The van der Waals surface area contributed by atoms with Gasteiger partial charge < -0.3 is 0 Å². The minimum atomic E-state index is 0.636. The molecular weight excluding hydrogens is 292 g/mol. The molecule has 0 unspecified atom stereocenters. The van der Waals surface area contributed by atoms with Gasteiger partial charge in [0.05, 0.1) is 6.54 Å². The lowest BCUT2D eigenvalue weighted by atomic mass is 9.92. The predicted octanol–water partition coefficient (Wildman–Crippen LogP) is 2.54. The fourth-order valence-corrected chi connectivity index (χ4v) is 4.99. The Hall–Kier alpha value is -1.17. The van der Waals surface area contributed by atoms with Gasteiger partial charge in [-0.25, -0.2) is 0 Å². The molecule has 0 aromatic carbocycles. The van der Waals surface area contributed by atoms with Crippen molar-refractivity contribution < 1.29 is 0 Å². The Labute approximate surface area is 136 Å². The molecule has 2 saturated heterocycles. The van der Waals surface area contributed by atoms with Crippen molar-refractivity contribution in [3.8, 4) is 0 Å². The first-order valence-corrected chi connectivity index (χ1v) is 9.11. The smallest absolute Gasteiger partial charge is 0.0565 e. The van der Waals surface area contributed by atoms with Crippen LogP contribution in [0.5, 0.6) is 0 Å². The second-order valence-corrected chi connectivity index (χ2v) is 7.75. The Morgan fingerprint density at radius 3 is 3.09 bits per heavy atom. The third-order valence-corrected chi connectivity index (χ3v) is 6.23. The van der Waals surface area contributed by atoms with Crippen LogP contribution in [0, 0.1) is 5.92 Å². The Morgan fingerprint density at radius 2 is 2.32 bits per heavy atom. The number of hydrogen-bond donors (Lipinski definition) is 0. The van der Waals surface area contributed by atoms with Crippen LogP contribution in [0.1, 0.15) is 17.7 Å². The average Bonchev–Trinajstić information content (AvgIpc) is 3.24. The lowest BCUT2D eigenvalue weighted by Crippen LogP contribution is -2.45. The highest BCUT2D eigenvalue weighted by Crippen LogP contribution is 2.35. The molecule has 2 fully saturated rings. The third kappa shape index (κ3) is 2.85. The molecule has 0 aliphatic carbocycles. The summed E-state index contributed by atoms with van der Waals surface area (Å²) in [6.45, 7) is 4.65. The summed E-state index contributed by atoms with van der Waals surface area (Å²) >= 11 is 1.88. The maximum absolute atomic E-state index is 4.38. The highest BCUT2D eigenvalue weighted by atomic mass is 32.1. The van der Waals surface area contributed by atoms with Gasteiger partial charge in [-0.15, -0.1) is 11.3 Å². The molecule has 4 rings (SSSR count). The minimum Gasteiger partial charge on any atom is -0.298 e. The van der Waals surface area contributed by atoms with Crippen LogP contribution in [-0.4, -0.2) is 51.8 Å². The van der Waals surface area contributed by atoms with Crippen molar-refractivity contribution in [2.24, 2.45) is 5.92 Å². The van der Waals surface area contributed by atoms with Gasteiger partial charge in [-0.2, -0.15) is 5.10 Å². The topological polar surface area (TPSA) is 24.3 Å². The lowest BCUT2D eigenvalue weighted by molar-refractivity contribution is 0.110. The van der Waals surface area contributed by atoms with Gasteiger partial charge in [0.15, 0.2) is 0 Å². The number of nitrogens with zero attached hydrogens (tertiary/aromatic N) is 4. The molecule has 3 atom stereocenters. The van der Waals surface area contributed by atoms with Crippen molar-refractivity contribution in [1.29, 1.82) is 0 Å². The molecule has 22 heavy (non-hydrogen) atoms. The number of aromatic nitrogens is 2. The van der Waals surface area contributed by atoms with Gasteiger partial charge in [0.1, 0.15) is 0 Å². The summed E-state index contributed by atoms with van der Waals surface area (Å²) in [6.07, 6.45) is 6.58. The molecular formula is C17H24N4S. The van der Waals surface area contributed by atoms with E-state index in [2.05, 4.69) is 50.3 Å². The maximum atomic E-state index is 4.38. The molecule has 0 N–H and O–H groups in total. The van der Waals surface area contributed by atoms with Crippen LogP contribution >= 0.6 is 11.3 Å². The second-order valence-electron chi connectivity index (χ2n) is 6.71. The summed E-state index contributed by atoms with van der Waals surface area (Å²) in [7, 11) is 2.31. The molecule has 0 bridgehead atoms. The van der Waals surface area contributed by atoms with E-state index in [0.29, 0.717) is 6.04 Å².